The monoisotopic (exact) mass is 279 g/mol. The molecule has 3 aromatic rings. The highest BCUT2D eigenvalue weighted by Crippen LogP contribution is 2.25. The topological polar surface area (TPSA) is 67.5 Å². The van der Waals surface area contributed by atoms with Crippen LogP contribution in [-0.2, 0) is 11.2 Å². The minimum atomic E-state index is -0.783. The number of aromatic nitrogens is 3. The number of carboxylic acids is 1. The van der Waals surface area contributed by atoms with Crippen LogP contribution in [0.15, 0.2) is 23.2 Å². The summed E-state index contributed by atoms with van der Waals surface area (Å²) in [6, 6.07) is 0. The van der Waals surface area contributed by atoms with Crippen molar-refractivity contribution in [1.82, 2.24) is 14.4 Å². The van der Waals surface area contributed by atoms with Crippen LogP contribution in [0, 0.1) is 0 Å². The van der Waals surface area contributed by atoms with E-state index in [1.165, 1.54) is 11.3 Å². The summed E-state index contributed by atoms with van der Waals surface area (Å²) in [4.78, 5) is 20.2. The fourth-order valence-electron chi connectivity index (χ4n) is 1.70. The van der Waals surface area contributed by atoms with Crippen LogP contribution in [0.4, 0.5) is 0 Å². The lowest BCUT2D eigenvalue weighted by atomic mass is 10.2. The summed E-state index contributed by atoms with van der Waals surface area (Å²) in [6.45, 7) is 0. The van der Waals surface area contributed by atoms with Crippen LogP contribution in [0.1, 0.15) is 12.1 Å². The third-order valence-corrected chi connectivity index (χ3v) is 4.21. The lowest BCUT2D eigenvalue weighted by molar-refractivity contribution is -0.136. The molecule has 0 aliphatic carbocycles. The molecule has 7 heteroatoms. The molecule has 1 N–H and O–H groups in total. The van der Waals surface area contributed by atoms with E-state index in [9.17, 15) is 4.79 Å². The van der Waals surface area contributed by atoms with Crippen molar-refractivity contribution in [2.45, 2.75) is 12.8 Å². The van der Waals surface area contributed by atoms with E-state index in [0.717, 1.165) is 21.4 Å². The van der Waals surface area contributed by atoms with Crippen molar-refractivity contribution in [2.24, 2.45) is 0 Å². The van der Waals surface area contributed by atoms with Gasteiger partial charge in [0.15, 0.2) is 4.96 Å². The van der Waals surface area contributed by atoms with E-state index in [0.29, 0.717) is 6.42 Å². The van der Waals surface area contributed by atoms with Crippen molar-refractivity contribution in [1.29, 1.82) is 0 Å². The lowest BCUT2D eigenvalue weighted by Crippen LogP contribution is -1.99. The minimum absolute atomic E-state index is 0.136. The smallest absolute Gasteiger partial charge is 0.303 e. The molecule has 0 unspecified atom stereocenters. The molecule has 0 spiro atoms. The molecule has 3 aromatic heterocycles. The molecular formula is C11H9N3O2S2. The number of aliphatic carboxylic acids is 1. The summed E-state index contributed by atoms with van der Waals surface area (Å²) >= 11 is 3.06. The van der Waals surface area contributed by atoms with Crippen LogP contribution in [0.5, 0.6) is 0 Å². The normalized spacial score (nSPS) is 11.1. The number of carboxylic acid groups (broad SMARTS) is 1. The number of carbonyl (C=O) groups is 1. The van der Waals surface area contributed by atoms with Crippen LogP contribution in [0.3, 0.4) is 0 Å². The van der Waals surface area contributed by atoms with Gasteiger partial charge in [0.1, 0.15) is 10.7 Å². The second-order valence-electron chi connectivity index (χ2n) is 3.74. The molecule has 0 atom stereocenters. The van der Waals surface area contributed by atoms with E-state index in [2.05, 4.69) is 9.97 Å². The zero-order valence-electron chi connectivity index (χ0n) is 9.24. The van der Waals surface area contributed by atoms with E-state index in [1.54, 1.807) is 17.5 Å². The number of rotatable bonds is 4. The summed E-state index contributed by atoms with van der Waals surface area (Å²) in [5.74, 6) is -0.783. The van der Waals surface area contributed by atoms with E-state index in [1.807, 2.05) is 21.4 Å². The molecule has 0 aliphatic rings. The number of imidazole rings is 1. The minimum Gasteiger partial charge on any atom is -0.481 e. The first-order chi connectivity index (χ1) is 8.74. The number of hydrogen-bond donors (Lipinski definition) is 1. The maximum Gasteiger partial charge on any atom is 0.303 e. The number of thiazole rings is 2. The Hall–Kier alpha value is -1.73. The van der Waals surface area contributed by atoms with Crippen molar-refractivity contribution < 1.29 is 9.90 Å². The molecule has 0 saturated heterocycles. The number of hydrogen-bond acceptors (Lipinski definition) is 5. The molecule has 92 valence electrons. The Morgan fingerprint density at radius 1 is 1.44 bits per heavy atom. The van der Waals surface area contributed by atoms with Gasteiger partial charge >= 0.3 is 5.97 Å². The highest BCUT2D eigenvalue weighted by atomic mass is 32.1. The average molecular weight is 279 g/mol. The van der Waals surface area contributed by atoms with Gasteiger partial charge in [0.2, 0.25) is 0 Å². The summed E-state index contributed by atoms with van der Waals surface area (Å²) in [7, 11) is 0. The predicted molar refractivity (Wildman–Crippen MR) is 70.1 cm³/mol. The Morgan fingerprint density at radius 2 is 2.33 bits per heavy atom. The second kappa shape index (κ2) is 4.51. The Bertz CT molecular complexity index is 684. The molecular weight excluding hydrogens is 270 g/mol. The van der Waals surface area contributed by atoms with E-state index in [4.69, 9.17) is 5.11 Å². The van der Waals surface area contributed by atoms with Crippen LogP contribution < -0.4 is 0 Å². The molecule has 0 aliphatic heterocycles. The summed E-state index contributed by atoms with van der Waals surface area (Å²) in [5, 5.41) is 13.5. The quantitative estimate of drug-likeness (QED) is 0.797. The number of aryl methyl sites for hydroxylation is 1. The van der Waals surface area contributed by atoms with Gasteiger partial charge in [0, 0.05) is 28.8 Å². The van der Waals surface area contributed by atoms with Crippen LogP contribution >= 0.6 is 22.7 Å². The van der Waals surface area contributed by atoms with Gasteiger partial charge in [0.05, 0.1) is 6.42 Å². The van der Waals surface area contributed by atoms with Gasteiger partial charge in [-0.2, -0.15) is 0 Å². The Kier molecular flexibility index (Phi) is 2.85. The molecule has 5 nitrogen and oxygen atoms in total. The predicted octanol–water partition coefficient (Wildman–Crippen LogP) is 2.54. The maximum absolute atomic E-state index is 10.6. The zero-order chi connectivity index (χ0) is 12.5. The van der Waals surface area contributed by atoms with Gasteiger partial charge < -0.3 is 5.11 Å². The van der Waals surface area contributed by atoms with Crippen LogP contribution in [-0.4, -0.2) is 25.4 Å². The molecule has 0 amide bonds. The van der Waals surface area contributed by atoms with Crippen molar-refractivity contribution in [2.75, 3.05) is 0 Å². The van der Waals surface area contributed by atoms with Crippen molar-refractivity contribution >= 4 is 33.6 Å². The Morgan fingerprint density at radius 3 is 3.06 bits per heavy atom. The lowest BCUT2D eigenvalue weighted by Gasteiger charge is -1.95. The molecule has 0 aromatic carbocycles. The highest BCUT2D eigenvalue weighted by molar-refractivity contribution is 7.15. The number of nitrogens with zero attached hydrogens (tertiary/aromatic N) is 3. The summed E-state index contributed by atoms with van der Waals surface area (Å²) in [5.41, 5.74) is 1.82. The van der Waals surface area contributed by atoms with Gasteiger partial charge in [-0.05, 0) is 6.42 Å². The molecule has 0 radical (unpaired) electrons. The van der Waals surface area contributed by atoms with Crippen molar-refractivity contribution in [3.8, 4) is 10.7 Å². The van der Waals surface area contributed by atoms with Gasteiger partial charge in [-0.3, -0.25) is 9.20 Å². The largest absolute Gasteiger partial charge is 0.481 e. The SMILES string of the molecule is O=C(O)CCc1csc2nc(-c3nccs3)cn12. The van der Waals surface area contributed by atoms with E-state index < -0.39 is 5.97 Å². The first-order valence-corrected chi connectivity index (χ1v) is 7.07. The van der Waals surface area contributed by atoms with Gasteiger partial charge in [-0.1, -0.05) is 0 Å². The molecule has 0 saturated carbocycles. The first-order valence-electron chi connectivity index (χ1n) is 5.31. The van der Waals surface area contributed by atoms with Crippen LogP contribution in [0.2, 0.25) is 0 Å². The third-order valence-electron chi connectivity index (χ3n) is 2.53. The van der Waals surface area contributed by atoms with Gasteiger partial charge in [0.25, 0.3) is 0 Å². The third kappa shape index (κ3) is 2.02. The average Bonchev–Trinajstić information content (AvgIpc) is 3.02. The van der Waals surface area contributed by atoms with Crippen molar-refractivity contribution in [3.63, 3.8) is 0 Å². The molecule has 0 fully saturated rings. The standard InChI is InChI=1S/C11H9N3O2S2/c15-9(16)2-1-7-6-18-11-13-8(5-14(7)11)10-12-3-4-17-10/h3-6H,1-2H2,(H,15,16). The highest BCUT2D eigenvalue weighted by Gasteiger charge is 2.11. The second-order valence-corrected chi connectivity index (χ2v) is 5.47. The van der Waals surface area contributed by atoms with E-state index in [-0.39, 0.29) is 6.42 Å². The van der Waals surface area contributed by atoms with Crippen LogP contribution in [0.25, 0.3) is 15.7 Å². The van der Waals surface area contributed by atoms with Crippen molar-refractivity contribution in [3.05, 3.63) is 28.8 Å². The van der Waals surface area contributed by atoms with Gasteiger partial charge in [-0.25, -0.2) is 9.97 Å². The van der Waals surface area contributed by atoms with E-state index >= 15 is 0 Å². The fraction of sp³-hybridized carbons (Fsp3) is 0.182. The van der Waals surface area contributed by atoms with Gasteiger partial charge in [-0.15, -0.1) is 22.7 Å². The maximum atomic E-state index is 10.6. The molecule has 3 heterocycles. The fourth-order valence-corrected chi connectivity index (χ4v) is 3.20. The summed E-state index contributed by atoms with van der Waals surface area (Å²) in [6.07, 6.45) is 4.32. The molecule has 18 heavy (non-hydrogen) atoms. The molecule has 0 bridgehead atoms. The first kappa shape index (κ1) is 11.4. The Labute approximate surface area is 110 Å². The summed E-state index contributed by atoms with van der Waals surface area (Å²) < 4.78 is 1.95. The zero-order valence-corrected chi connectivity index (χ0v) is 10.9. The Balaban J connectivity index is 1.95. The number of fused-ring (bicyclic) bond motifs is 1. The molecule has 3 rings (SSSR count).